The highest BCUT2D eigenvalue weighted by Gasteiger charge is 2.18. The Balaban J connectivity index is 1.84. The fourth-order valence-electron chi connectivity index (χ4n) is 2.32. The van der Waals surface area contributed by atoms with E-state index in [-0.39, 0.29) is 6.04 Å². The molecule has 3 rings (SSSR count). The Morgan fingerprint density at radius 2 is 1.65 bits per heavy atom. The third-order valence-electron chi connectivity index (χ3n) is 3.12. The summed E-state index contributed by atoms with van der Waals surface area (Å²) in [5.41, 5.74) is 8.63. The van der Waals surface area contributed by atoms with E-state index in [1.807, 2.05) is 36.4 Å². The van der Waals surface area contributed by atoms with E-state index in [0.29, 0.717) is 0 Å². The number of benzene rings is 2. The molecule has 1 atom stereocenters. The van der Waals surface area contributed by atoms with Gasteiger partial charge >= 0.3 is 0 Å². The van der Waals surface area contributed by atoms with E-state index in [0.717, 1.165) is 24.3 Å². The summed E-state index contributed by atoms with van der Waals surface area (Å²) < 4.78 is 5.80. The molecular weight excluding hydrogens is 210 g/mol. The zero-order valence-corrected chi connectivity index (χ0v) is 9.60. The molecule has 0 saturated heterocycles. The van der Waals surface area contributed by atoms with E-state index >= 15 is 0 Å². The van der Waals surface area contributed by atoms with Crippen molar-refractivity contribution in [1.82, 2.24) is 0 Å². The molecule has 2 aromatic carbocycles. The lowest BCUT2D eigenvalue weighted by molar-refractivity contribution is 0.482. The quantitative estimate of drug-likeness (QED) is 0.853. The topological polar surface area (TPSA) is 35.2 Å². The van der Waals surface area contributed by atoms with Gasteiger partial charge in [-0.05, 0) is 48.2 Å². The molecule has 0 bridgehead atoms. The zero-order chi connectivity index (χ0) is 11.7. The summed E-state index contributed by atoms with van der Waals surface area (Å²) in [6.07, 6.45) is 1.95. The van der Waals surface area contributed by atoms with Crippen LogP contribution in [-0.4, -0.2) is 6.04 Å². The van der Waals surface area contributed by atoms with Crippen molar-refractivity contribution >= 4 is 0 Å². The van der Waals surface area contributed by atoms with Crippen molar-refractivity contribution in [2.75, 3.05) is 0 Å². The maximum atomic E-state index is 5.95. The molecule has 0 heterocycles. The van der Waals surface area contributed by atoms with Gasteiger partial charge in [-0.25, -0.2) is 0 Å². The fourth-order valence-corrected chi connectivity index (χ4v) is 2.32. The molecule has 0 amide bonds. The van der Waals surface area contributed by atoms with Crippen molar-refractivity contribution in [3.63, 3.8) is 0 Å². The first-order valence-corrected chi connectivity index (χ1v) is 5.91. The Morgan fingerprint density at radius 1 is 0.882 bits per heavy atom. The highest BCUT2D eigenvalue weighted by atomic mass is 16.5. The number of hydrogen-bond acceptors (Lipinski definition) is 2. The number of rotatable bonds is 2. The summed E-state index contributed by atoms with van der Waals surface area (Å²) in [6.45, 7) is 0. The molecule has 0 aromatic heterocycles. The second kappa shape index (κ2) is 4.22. The van der Waals surface area contributed by atoms with Crippen LogP contribution in [0, 0.1) is 0 Å². The molecule has 86 valence electrons. The fraction of sp³-hybridized carbons (Fsp3) is 0.200. The van der Waals surface area contributed by atoms with Crippen LogP contribution < -0.4 is 10.5 Å². The van der Waals surface area contributed by atoms with Crippen LogP contribution >= 0.6 is 0 Å². The summed E-state index contributed by atoms with van der Waals surface area (Å²) in [5.74, 6) is 1.76. The van der Waals surface area contributed by atoms with Gasteiger partial charge in [-0.2, -0.15) is 0 Å². The van der Waals surface area contributed by atoms with Crippen LogP contribution in [0.3, 0.4) is 0 Å². The van der Waals surface area contributed by atoms with Crippen LogP contribution in [0.25, 0.3) is 0 Å². The summed E-state index contributed by atoms with van der Waals surface area (Å²) in [7, 11) is 0. The van der Waals surface area contributed by atoms with Crippen LogP contribution in [0.2, 0.25) is 0 Å². The lowest BCUT2D eigenvalue weighted by atomic mass is 10.1. The number of para-hydroxylation sites is 1. The molecule has 2 aromatic rings. The van der Waals surface area contributed by atoms with E-state index in [9.17, 15) is 0 Å². The molecule has 1 aliphatic rings. The lowest BCUT2D eigenvalue weighted by Crippen LogP contribution is -2.18. The summed E-state index contributed by atoms with van der Waals surface area (Å²) >= 11 is 0. The summed E-state index contributed by atoms with van der Waals surface area (Å²) in [6, 6.07) is 16.4. The van der Waals surface area contributed by atoms with Crippen LogP contribution in [0.5, 0.6) is 11.5 Å². The van der Waals surface area contributed by atoms with Crippen molar-refractivity contribution < 1.29 is 4.74 Å². The first kappa shape index (κ1) is 10.4. The predicted molar refractivity (Wildman–Crippen MR) is 68.3 cm³/mol. The van der Waals surface area contributed by atoms with Crippen LogP contribution in [-0.2, 0) is 12.8 Å². The van der Waals surface area contributed by atoms with Crippen molar-refractivity contribution in [2.45, 2.75) is 18.9 Å². The van der Waals surface area contributed by atoms with E-state index in [1.54, 1.807) is 0 Å². The van der Waals surface area contributed by atoms with Gasteiger partial charge < -0.3 is 10.5 Å². The van der Waals surface area contributed by atoms with E-state index in [4.69, 9.17) is 10.5 Å². The predicted octanol–water partition coefficient (Wildman–Crippen LogP) is 2.90. The van der Waals surface area contributed by atoms with Gasteiger partial charge in [0, 0.05) is 6.04 Å². The molecule has 2 nitrogen and oxygen atoms in total. The van der Waals surface area contributed by atoms with E-state index in [2.05, 4.69) is 12.1 Å². The Labute approximate surface area is 101 Å². The SMILES string of the molecule is NC1Cc2ccc(Oc3ccccc3)cc2C1. The van der Waals surface area contributed by atoms with Crippen molar-refractivity contribution in [3.8, 4) is 11.5 Å². The summed E-state index contributed by atoms with van der Waals surface area (Å²) in [5, 5.41) is 0. The van der Waals surface area contributed by atoms with Crippen molar-refractivity contribution in [3.05, 3.63) is 59.7 Å². The molecule has 1 aliphatic carbocycles. The van der Waals surface area contributed by atoms with Crippen LogP contribution in [0.1, 0.15) is 11.1 Å². The Kier molecular flexibility index (Phi) is 2.57. The second-order valence-electron chi connectivity index (χ2n) is 4.51. The molecule has 0 spiro atoms. The molecule has 0 saturated carbocycles. The molecule has 17 heavy (non-hydrogen) atoms. The number of nitrogens with two attached hydrogens (primary N) is 1. The highest BCUT2D eigenvalue weighted by molar-refractivity contribution is 5.41. The molecule has 0 radical (unpaired) electrons. The monoisotopic (exact) mass is 225 g/mol. The molecule has 0 aliphatic heterocycles. The van der Waals surface area contributed by atoms with Gasteiger partial charge in [0.1, 0.15) is 11.5 Å². The highest BCUT2D eigenvalue weighted by Crippen LogP contribution is 2.28. The maximum Gasteiger partial charge on any atom is 0.127 e. The van der Waals surface area contributed by atoms with E-state index < -0.39 is 0 Å². The van der Waals surface area contributed by atoms with Crippen LogP contribution in [0.15, 0.2) is 48.5 Å². The summed E-state index contributed by atoms with van der Waals surface area (Å²) in [4.78, 5) is 0. The molecule has 0 fully saturated rings. The smallest absolute Gasteiger partial charge is 0.127 e. The molecular formula is C15H15NO. The number of fused-ring (bicyclic) bond motifs is 1. The third-order valence-corrected chi connectivity index (χ3v) is 3.12. The van der Waals surface area contributed by atoms with Crippen LogP contribution in [0.4, 0.5) is 0 Å². The first-order valence-electron chi connectivity index (χ1n) is 5.91. The van der Waals surface area contributed by atoms with Gasteiger partial charge in [0.15, 0.2) is 0 Å². The van der Waals surface area contributed by atoms with Crippen molar-refractivity contribution in [1.29, 1.82) is 0 Å². The maximum absolute atomic E-state index is 5.95. The normalized spacial score (nSPS) is 17.8. The standard InChI is InChI=1S/C15H15NO/c16-13-8-11-6-7-15(10-12(11)9-13)17-14-4-2-1-3-5-14/h1-7,10,13H,8-9,16H2. The minimum Gasteiger partial charge on any atom is -0.457 e. The second-order valence-corrected chi connectivity index (χ2v) is 4.51. The Hall–Kier alpha value is -1.80. The minimum absolute atomic E-state index is 0.275. The average Bonchev–Trinajstić information content (AvgIpc) is 2.70. The Morgan fingerprint density at radius 3 is 2.47 bits per heavy atom. The van der Waals surface area contributed by atoms with Gasteiger partial charge in [0.2, 0.25) is 0 Å². The molecule has 2 N–H and O–H groups in total. The number of hydrogen-bond donors (Lipinski definition) is 1. The van der Waals surface area contributed by atoms with Gasteiger partial charge in [-0.1, -0.05) is 24.3 Å². The largest absolute Gasteiger partial charge is 0.457 e. The van der Waals surface area contributed by atoms with Gasteiger partial charge in [0.25, 0.3) is 0 Å². The average molecular weight is 225 g/mol. The molecule has 1 unspecified atom stereocenters. The number of ether oxygens (including phenoxy) is 1. The van der Waals surface area contributed by atoms with E-state index in [1.165, 1.54) is 11.1 Å². The lowest BCUT2D eigenvalue weighted by Gasteiger charge is -2.07. The zero-order valence-electron chi connectivity index (χ0n) is 9.60. The molecule has 2 heteroatoms. The third kappa shape index (κ3) is 2.17. The first-order chi connectivity index (χ1) is 8.31. The van der Waals surface area contributed by atoms with Gasteiger partial charge in [-0.15, -0.1) is 0 Å². The Bertz CT molecular complexity index is 522. The van der Waals surface area contributed by atoms with Gasteiger partial charge in [-0.3, -0.25) is 0 Å². The van der Waals surface area contributed by atoms with Crippen molar-refractivity contribution in [2.24, 2.45) is 5.73 Å². The van der Waals surface area contributed by atoms with Gasteiger partial charge in [0.05, 0.1) is 0 Å². The minimum atomic E-state index is 0.275.